The highest BCUT2D eigenvalue weighted by Crippen LogP contribution is 2.54. The van der Waals surface area contributed by atoms with Gasteiger partial charge in [-0.05, 0) is 133 Å². The van der Waals surface area contributed by atoms with Crippen molar-refractivity contribution in [2.75, 3.05) is 9.80 Å². The topological polar surface area (TPSA) is 65.3 Å². The van der Waals surface area contributed by atoms with Crippen LogP contribution in [0.2, 0.25) is 0 Å². The number of nitrogens with zero attached hydrogens (tertiary/aromatic N) is 4. The van der Waals surface area contributed by atoms with Gasteiger partial charge in [-0.25, -0.2) is 4.90 Å². The monoisotopic (exact) mass is 1040 g/mol. The van der Waals surface area contributed by atoms with Gasteiger partial charge in [-0.3, -0.25) is 19.6 Å². The van der Waals surface area contributed by atoms with E-state index < -0.39 is 0 Å². The maximum absolute atomic E-state index is 15.1. The lowest BCUT2D eigenvalue weighted by Crippen LogP contribution is -2.41. The normalized spacial score (nSPS) is 17.3. The average Bonchev–Trinajstić information content (AvgIpc) is 3.66. The predicted octanol–water partition coefficient (Wildman–Crippen LogP) is 19.1. The molecule has 0 spiro atoms. The second kappa shape index (κ2) is 18.0. The first-order valence-electron chi connectivity index (χ1n) is 26.9. The van der Waals surface area contributed by atoms with E-state index >= 15 is 9.59 Å². The highest BCUT2D eigenvalue weighted by Gasteiger charge is 2.39. The molecule has 2 unspecified atom stereocenters. The Bertz CT molecular complexity index is 4240. The van der Waals surface area contributed by atoms with Crippen LogP contribution >= 0.6 is 23.5 Å². The van der Waals surface area contributed by atoms with Crippen LogP contribution in [0.1, 0.15) is 94.3 Å². The fourth-order valence-electron chi connectivity index (χ4n) is 12.8. The molecule has 0 aromatic heterocycles. The minimum atomic E-state index is -0.284. The van der Waals surface area contributed by atoms with Gasteiger partial charge in [0.1, 0.15) is 0 Å². The molecule has 0 saturated carbocycles. The zero-order chi connectivity index (χ0) is 52.5. The molecule has 0 bridgehead atoms. The lowest BCUT2D eigenvalue weighted by Gasteiger charge is -2.35. The van der Waals surface area contributed by atoms with E-state index in [9.17, 15) is 0 Å². The molecule has 3 aliphatic heterocycles. The van der Waals surface area contributed by atoms with Crippen LogP contribution in [-0.2, 0) is 0 Å². The second-order valence-corrected chi connectivity index (χ2v) is 23.5. The van der Waals surface area contributed by atoms with Crippen LogP contribution in [-0.4, -0.2) is 23.2 Å². The van der Waals surface area contributed by atoms with Crippen molar-refractivity contribution in [1.82, 2.24) is 0 Å². The van der Waals surface area contributed by atoms with Gasteiger partial charge < -0.3 is 4.90 Å². The number of carbonyl (C=O) groups excluding carboxylic acids is 2. The van der Waals surface area contributed by atoms with E-state index in [0.717, 1.165) is 125 Å². The van der Waals surface area contributed by atoms with Gasteiger partial charge in [-0.1, -0.05) is 191 Å². The van der Waals surface area contributed by atoms with Crippen molar-refractivity contribution in [1.29, 1.82) is 0 Å². The van der Waals surface area contributed by atoms with Crippen LogP contribution in [0.4, 0.5) is 34.1 Å². The molecule has 2 amide bonds. The number of carbonyl (C=O) groups is 2. The zero-order valence-electron chi connectivity index (χ0n) is 43.4. The molecule has 0 fully saturated rings. The summed E-state index contributed by atoms with van der Waals surface area (Å²) in [7, 11) is 0. The van der Waals surface area contributed by atoms with Crippen LogP contribution in [0.3, 0.4) is 0 Å². The molecule has 10 aromatic carbocycles. The number of para-hydroxylation sites is 5. The number of benzene rings is 10. The SMILES string of the molecule is CC(C)c1cccc(C(C)C)c1N1C(=O)c2ccc3c4cccc5c(N(c6ccccc6C6C=CC=C7Sc8ccccc8N=C76)c6ccccc6C6C=CC=C7Sc8ccccc8N=C76)ccc(c6ccc(c2c36)C1=O)c54. The molecule has 2 atom stereocenters. The Balaban J connectivity index is 0.954. The third kappa shape index (κ3) is 6.99. The molecule has 0 N–H and O–H groups in total. The lowest BCUT2D eigenvalue weighted by molar-refractivity contribution is 0.0893. The Morgan fingerprint density at radius 3 is 1.46 bits per heavy atom. The number of allylic oxidation sites excluding steroid dienone is 8. The standard InChI is InChI=1S/C70H50N4O2S2/c1-39(2)41-19-13-20-42(40(3)4)68(41)74-69(75)52-35-33-47-45-21-14-24-51-58(38-37-46(63(45)51)48-34-36-53(70(74)76)65(52)64(47)48)73(56-27-9-5-17-43(56)49-22-15-31-61-66(49)71-54-25-7-11-29-59(54)77-61)57-28-10-6-18-44(57)50-23-16-32-62-67(50)72-55-26-8-12-30-60(55)78-62/h5-40,49-50H,1-4H3. The van der Waals surface area contributed by atoms with E-state index in [1.807, 2.05) is 18.2 Å². The number of hydrogen-bond acceptors (Lipinski definition) is 7. The summed E-state index contributed by atoms with van der Waals surface area (Å²) in [6, 6.07) is 60.0. The van der Waals surface area contributed by atoms with Gasteiger partial charge in [0.2, 0.25) is 0 Å². The first-order valence-corrected chi connectivity index (χ1v) is 28.5. The highest BCUT2D eigenvalue weighted by atomic mass is 32.2. The summed E-state index contributed by atoms with van der Waals surface area (Å²) in [5, 5.41) is 8.00. The third-order valence-electron chi connectivity index (χ3n) is 16.3. The molecule has 8 heteroatoms. The van der Waals surface area contributed by atoms with E-state index in [4.69, 9.17) is 9.98 Å². The number of thioether (sulfide) groups is 2. The van der Waals surface area contributed by atoms with Crippen LogP contribution < -0.4 is 9.80 Å². The Labute approximate surface area is 461 Å². The highest BCUT2D eigenvalue weighted by molar-refractivity contribution is 8.04. The van der Waals surface area contributed by atoms with Gasteiger partial charge in [-0.2, -0.15) is 0 Å². The number of fused-ring (bicyclic) bond motifs is 6. The van der Waals surface area contributed by atoms with E-state index in [0.29, 0.717) is 16.8 Å². The van der Waals surface area contributed by atoms with Crippen molar-refractivity contribution in [3.05, 3.63) is 250 Å². The fraction of sp³-hybridized carbons (Fsp3) is 0.114. The van der Waals surface area contributed by atoms with Crippen LogP contribution in [0.25, 0.3) is 43.1 Å². The van der Waals surface area contributed by atoms with Crippen LogP contribution in [0.5, 0.6) is 0 Å². The lowest BCUT2D eigenvalue weighted by atomic mass is 9.83. The molecule has 78 heavy (non-hydrogen) atoms. The summed E-state index contributed by atoms with van der Waals surface area (Å²) in [4.78, 5) is 49.7. The molecular weight excluding hydrogens is 993 g/mol. The summed E-state index contributed by atoms with van der Waals surface area (Å²) in [5.41, 5.74) is 13.2. The molecule has 3 heterocycles. The van der Waals surface area contributed by atoms with Crippen molar-refractivity contribution < 1.29 is 9.59 Å². The van der Waals surface area contributed by atoms with E-state index in [1.54, 1.807) is 23.5 Å². The molecule has 374 valence electrons. The van der Waals surface area contributed by atoms with Gasteiger partial charge in [0.25, 0.3) is 11.8 Å². The largest absolute Gasteiger partial charge is 0.309 e. The van der Waals surface area contributed by atoms with Crippen molar-refractivity contribution in [2.24, 2.45) is 9.98 Å². The summed E-state index contributed by atoms with van der Waals surface area (Å²) in [6.07, 6.45) is 13.4. The second-order valence-electron chi connectivity index (χ2n) is 21.3. The Kier molecular flexibility index (Phi) is 10.8. The van der Waals surface area contributed by atoms with E-state index in [-0.39, 0.29) is 35.5 Å². The molecule has 0 saturated heterocycles. The molecule has 5 aliphatic rings. The first-order chi connectivity index (χ1) is 38.2. The minimum absolute atomic E-state index is 0.103. The van der Waals surface area contributed by atoms with Crippen molar-refractivity contribution >= 4 is 124 Å². The van der Waals surface area contributed by atoms with Crippen LogP contribution in [0, 0.1) is 0 Å². The Hall–Kier alpha value is -8.56. The van der Waals surface area contributed by atoms with Gasteiger partial charge in [0.15, 0.2) is 0 Å². The number of anilines is 4. The van der Waals surface area contributed by atoms with Crippen molar-refractivity contribution in [2.45, 2.75) is 61.2 Å². The van der Waals surface area contributed by atoms with Crippen molar-refractivity contribution in [3.63, 3.8) is 0 Å². The van der Waals surface area contributed by atoms with E-state index in [1.165, 1.54) is 4.90 Å². The molecule has 6 nitrogen and oxygen atoms in total. The third-order valence-corrected chi connectivity index (χ3v) is 18.6. The fourth-order valence-corrected chi connectivity index (χ4v) is 14.9. The first kappa shape index (κ1) is 46.7. The zero-order valence-corrected chi connectivity index (χ0v) is 45.0. The van der Waals surface area contributed by atoms with Gasteiger partial charge in [0.05, 0.1) is 45.5 Å². The maximum Gasteiger partial charge on any atom is 0.266 e. The number of amides is 2. The summed E-state index contributed by atoms with van der Waals surface area (Å²) < 4.78 is 0. The molecule has 10 aromatic rings. The molecule has 2 aliphatic carbocycles. The summed E-state index contributed by atoms with van der Waals surface area (Å²) >= 11 is 3.57. The minimum Gasteiger partial charge on any atom is -0.309 e. The molecule has 0 radical (unpaired) electrons. The van der Waals surface area contributed by atoms with Crippen molar-refractivity contribution in [3.8, 4) is 0 Å². The molecule has 15 rings (SSSR count). The quantitative estimate of drug-likeness (QED) is 0.0862. The predicted molar refractivity (Wildman–Crippen MR) is 327 cm³/mol. The van der Waals surface area contributed by atoms with E-state index in [2.05, 4.69) is 221 Å². The van der Waals surface area contributed by atoms with Gasteiger partial charge in [-0.15, -0.1) is 0 Å². The Morgan fingerprint density at radius 2 is 0.910 bits per heavy atom. The molecular formula is C70H50N4O2S2. The van der Waals surface area contributed by atoms with Crippen LogP contribution in [0.15, 0.2) is 236 Å². The Morgan fingerprint density at radius 1 is 0.449 bits per heavy atom. The number of hydrogen-bond donors (Lipinski definition) is 0. The maximum atomic E-state index is 15.1. The number of imide groups is 1. The number of rotatable bonds is 8. The summed E-state index contributed by atoms with van der Waals surface area (Å²) in [6.45, 7) is 8.49. The summed E-state index contributed by atoms with van der Waals surface area (Å²) in [5.74, 6) is -0.640. The van der Waals surface area contributed by atoms with Gasteiger partial charge in [0, 0.05) is 53.3 Å². The average molecular weight is 1040 g/mol. The van der Waals surface area contributed by atoms with Gasteiger partial charge >= 0.3 is 0 Å². The smallest absolute Gasteiger partial charge is 0.266 e. The number of aliphatic imine (C=N–C) groups is 2.